The highest BCUT2D eigenvalue weighted by Gasteiger charge is 2.43. The maximum absolute atomic E-state index is 4.87. The predicted octanol–water partition coefficient (Wildman–Crippen LogP) is 3.71. The minimum Gasteiger partial charge on any atom is -0.340 e. The van der Waals surface area contributed by atoms with Crippen LogP contribution in [0.25, 0.3) is 0 Å². The lowest BCUT2D eigenvalue weighted by Crippen LogP contribution is -2.01. The third kappa shape index (κ3) is 4.12. The minimum absolute atomic E-state index is 0.248. The van der Waals surface area contributed by atoms with Crippen molar-refractivity contribution in [3.05, 3.63) is 23.4 Å². The monoisotopic (exact) mass is 292 g/mol. The van der Waals surface area contributed by atoms with Crippen LogP contribution in [0.1, 0.15) is 75.8 Å². The van der Waals surface area contributed by atoms with Crippen LogP contribution in [-0.4, -0.2) is 20.3 Å². The van der Waals surface area contributed by atoms with E-state index in [-0.39, 0.29) is 5.41 Å². The Bertz CT molecular complexity index is 568. The van der Waals surface area contributed by atoms with E-state index in [0.29, 0.717) is 17.7 Å². The van der Waals surface area contributed by atoms with Crippen molar-refractivity contribution in [1.82, 2.24) is 20.3 Å². The smallest absolute Gasteiger partial charge is 0.223 e. The zero-order valence-electron chi connectivity index (χ0n) is 13.5. The molecule has 0 amide bonds. The molecular formula is C15H24N4O2. The molecule has 0 aliphatic heterocycles. The lowest BCUT2D eigenvalue weighted by atomic mass is 10.1. The summed E-state index contributed by atoms with van der Waals surface area (Å²) in [6, 6.07) is 0. The van der Waals surface area contributed by atoms with Gasteiger partial charge in [0, 0.05) is 25.2 Å². The summed E-state index contributed by atoms with van der Waals surface area (Å²) in [5.41, 5.74) is 0.248. The first-order valence-corrected chi connectivity index (χ1v) is 7.68. The molecule has 0 spiro atoms. The van der Waals surface area contributed by atoms with Crippen molar-refractivity contribution in [3.63, 3.8) is 0 Å². The molecule has 0 bridgehead atoms. The number of rotatable bonds is 2. The van der Waals surface area contributed by atoms with Crippen molar-refractivity contribution in [3.8, 4) is 0 Å². The van der Waals surface area contributed by atoms with Crippen LogP contribution in [0, 0.1) is 13.8 Å². The number of aromatic nitrogens is 4. The third-order valence-corrected chi connectivity index (χ3v) is 3.55. The summed E-state index contributed by atoms with van der Waals surface area (Å²) in [7, 11) is 0. The SMILES string of the molecule is CC.Cc1nc(C2(C)CC2)no1.Cc1nc(C2CC2)no1. The van der Waals surface area contributed by atoms with E-state index in [1.165, 1.54) is 25.7 Å². The van der Waals surface area contributed by atoms with Gasteiger partial charge in [0.1, 0.15) is 0 Å². The minimum atomic E-state index is 0.248. The quantitative estimate of drug-likeness (QED) is 0.839. The Morgan fingerprint density at radius 2 is 1.52 bits per heavy atom. The summed E-state index contributed by atoms with van der Waals surface area (Å²) < 4.78 is 9.67. The van der Waals surface area contributed by atoms with Gasteiger partial charge in [-0.1, -0.05) is 31.1 Å². The van der Waals surface area contributed by atoms with Crippen molar-refractivity contribution in [2.45, 2.75) is 71.6 Å². The van der Waals surface area contributed by atoms with Crippen molar-refractivity contribution in [2.24, 2.45) is 0 Å². The summed E-state index contributed by atoms with van der Waals surface area (Å²) >= 11 is 0. The number of aryl methyl sites for hydroxylation is 2. The molecule has 2 aliphatic rings. The number of hydrogen-bond donors (Lipinski definition) is 0. The van der Waals surface area contributed by atoms with E-state index in [4.69, 9.17) is 9.05 Å². The van der Waals surface area contributed by atoms with Crippen molar-refractivity contribution < 1.29 is 9.05 Å². The predicted molar refractivity (Wildman–Crippen MR) is 78.0 cm³/mol. The fourth-order valence-corrected chi connectivity index (χ4v) is 1.78. The summed E-state index contributed by atoms with van der Waals surface area (Å²) in [4.78, 5) is 8.26. The molecule has 2 saturated carbocycles. The second-order valence-corrected chi connectivity index (χ2v) is 5.64. The maximum atomic E-state index is 4.87. The Hall–Kier alpha value is -1.72. The van der Waals surface area contributed by atoms with E-state index in [1.54, 1.807) is 0 Å². The molecule has 0 aromatic carbocycles. The van der Waals surface area contributed by atoms with Crippen LogP contribution < -0.4 is 0 Å². The lowest BCUT2D eigenvalue weighted by molar-refractivity contribution is 0.383. The molecule has 4 rings (SSSR count). The first-order chi connectivity index (χ1) is 10.1. The first-order valence-electron chi connectivity index (χ1n) is 7.68. The van der Waals surface area contributed by atoms with Gasteiger partial charge in [0.25, 0.3) is 0 Å². The second kappa shape index (κ2) is 6.37. The van der Waals surface area contributed by atoms with Gasteiger partial charge in [-0.2, -0.15) is 9.97 Å². The van der Waals surface area contributed by atoms with Gasteiger partial charge < -0.3 is 9.05 Å². The highest BCUT2D eigenvalue weighted by Crippen LogP contribution is 2.45. The van der Waals surface area contributed by atoms with E-state index in [0.717, 1.165) is 11.6 Å². The number of hydrogen-bond acceptors (Lipinski definition) is 6. The Labute approximate surface area is 125 Å². The Morgan fingerprint density at radius 3 is 1.90 bits per heavy atom. The summed E-state index contributed by atoms with van der Waals surface area (Å²) in [6.07, 6.45) is 4.87. The van der Waals surface area contributed by atoms with Gasteiger partial charge in [0.15, 0.2) is 11.6 Å². The third-order valence-electron chi connectivity index (χ3n) is 3.55. The zero-order chi connectivity index (χ0) is 15.5. The van der Waals surface area contributed by atoms with E-state index >= 15 is 0 Å². The fourth-order valence-electron chi connectivity index (χ4n) is 1.78. The topological polar surface area (TPSA) is 77.8 Å². The zero-order valence-corrected chi connectivity index (χ0v) is 13.5. The normalized spacial score (nSPS) is 18.1. The average Bonchev–Trinajstić information content (AvgIpc) is 3.38. The molecule has 0 saturated heterocycles. The highest BCUT2D eigenvalue weighted by molar-refractivity contribution is 5.13. The first kappa shape index (κ1) is 15.7. The Kier molecular flexibility index (Phi) is 4.75. The maximum Gasteiger partial charge on any atom is 0.223 e. The summed E-state index contributed by atoms with van der Waals surface area (Å²) in [5, 5.41) is 7.66. The molecule has 6 nitrogen and oxygen atoms in total. The molecule has 2 fully saturated rings. The average molecular weight is 292 g/mol. The van der Waals surface area contributed by atoms with Gasteiger partial charge in [-0.25, -0.2) is 0 Å². The molecule has 2 aromatic heterocycles. The van der Waals surface area contributed by atoms with E-state index in [2.05, 4.69) is 27.2 Å². The summed E-state index contributed by atoms with van der Waals surface area (Å²) in [6.45, 7) is 9.80. The van der Waals surface area contributed by atoms with E-state index < -0.39 is 0 Å². The molecule has 116 valence electrons. The number of nitrogens with zero attached hydrogens (tertiary/aromatic N) is 4. The molecule has 6 heteroatoms. The highest BCUT2D eigenvalue weighted by atomic mass is 16.5. The van der Waals surface area contributed by atoms with Gasteiger partial charge in [-0.15, -0.1) is 0 Å². The summed E-state index contributed by atoms with van der Waals surface area (Å²) in [5.74, 6) is 3.74. The molecule has 0 N–H and O–H groups in total. The molecular weight excluding hydrogens is 268 g/mol. The molecule has 21 heavy (non-hydrogen) atoms. The van der Waals surface area contributed by atoms with Crippen molar-refractivity contribution in [1.29, 1.82) is 0 Å². The lowest BCUT2D eigenvalue weighted by Gasteiger charge is -1.96. The van der Waals surface area contributed by atoms with Gasteiger partial charge in [0.05, 0.1) is 0 Å². The van der Waals surface area contributed by atoms with Crippen molar-refractivity contribution in [2.75, 3.05) is 0 Å². The van der Waals surface area contributed by atoms with Crippen LogP contribution in [0.4, 0.5) is 0 Å². The standard InChI is InChI=1S/C7H10N2O.C6H8N2O.C2H6/c1-5-8-6(9-10-5)7(2)3-4-7;1-4-7-6(8-9-4)5-2-3-5;1-2/h3-4H2,1-2H3;5H,2-3H2,1H3;1-2H3. The van der Waals surface area contributed by atoms with Gasteiger partial charge in [-0.3, -0.25) is 0 Å². The van der Waals surface area contributed by atoms with Gasteiger partial charge >= 0.3 is 0 Å². The Morgan fingerprint density at radius 1 is 0.952 bits per heavy atom. The van der Waals surface area contributed by atoms with Crippen LogP contribution >= 0.6 is 0 Å². The molecule has 0 unspecified atom stereocenters. The van der Waals surface area contributed by atoms with E-state index in [1.807, 2.05) is 27.7 Å². The molecule has 0 radical (unpaired) electrons. The van der Waals surface area contributed by atoms with Crippen LogP contribution in [0.3, 0.4) is 0 Å². The molecule has 0 atom stereocenters. The fraction of sp³-hybridized carbons (Fsp3) is 0.733. The van der Waals surface area contributed by atoms with Crippen LogP contribution in [-0.2, 0) is 5.41 Å². The molecule has 2 aromatic rings. The molecule has 2 aliphatic carbocycles. The van der Waals surface area contributed by atoms with E-state index in [9.17, 15) is 0 Å². The van der Waals surface area contributed by atoms with Crippen LogP contribution in [0.15, 0.2) is 9.05 Å². The largest absolute Gasteiger partial charge is 0.340 e. The van der Waals surface area contributed by atoms with Gasteiger partial charge in [0.2, 0.25) is 11.8 Å². The van der Waals surface area contributed by atoms with Crippen molar-refractivity contribution >= 4 is 0 Å². The molecule has 2 heterocycles. The van der Waals surface area contributed by atoms with Crippen LogP contribution in [0.2, 0.25) is 0 Å². The van der Waals surface area contributed by atoms with Crippen LogP contribution in [0.5, 0.6) is 0 Å². The Balaban J connectivity index is 0.000000138. The van der Waals surface area contributed by atoms with Gasteiger partial charge in [-0.05, 0) is 25.7 Å². The second-order valence-electron chi connectivity index (χ2n) is 5.64.